The lowest BCUT2D eigenvalue weighted by Gasteiger charge is -2.08. The first-order chi connectivity index (χ1) is 9.81. The minimum Gasteiger partial charge on any atom is -0.478 e. The van der Waals surface area contributed by atoms with Crippen molar-refractivity contribution in [2.24, 2.45) is 0 Å². The van der Waals surface area contributed by atoms with Crippen LogP contribution in [-0.2, 0) is 16.6 Å². The highest BCUT2D eigenvalue weighted by Gasteiger charge is 2.20. The molecule has 2 rings (SSSR count). The van der Waals surface area contributed by atoms with E-state index in [1.54, 1.807) is 0 Å². The van der Waals surface area contributed by atoms with Gasteiger partial charge in [0.25, 0.3) is 0 Å². The Morgan fingerprint density at radius 1 is 1.38 bits per heavy atom. The number of hydrogen-bond acceptors (Lipinski definition) is 4. The Balaban J connectivity index is 2.29. The van der Waals surface area contributed by atoms with Crippen molar-refractivity contribution >= 4 is 54.9 Å². The smallest absolute Gasteiger partial charge is 0.335 e. The van der Waals surface area contributed by atoms with Crippen molar-refractivity contribution < 1.29 is 18.3 Å². The molecule has 0 aliphatic rings. The SMILES string of the molecule is O=C(O)c1ccc(Cl)c(S(=O)(=O)NCc2sccc2Br)c1. The second-order valence-corrected chi connectivity index (χ2v) is 7.96. The highest BCUT2D eigenvalue weighted by Crippen LogP contribution is 2.25. The van der Waals surface area contributed by atoms with E-state index in [2.05, 4.69) is 20.7 Å². The van der Waals surface area contributed by atoms with Crippen molar-refractivity contribution in [1.82, 2.24) is 4.72 Å². The topological polar surface area (TPSA) is 83.5 Å². The van der Waals surface area contributed by atoms with Crippen LogP contribution in [0.4, 0.5) is 0 Å². The van der Waals surface area contributed by atoms with Crippen LogP contribution in [0.25, 0.3) is 0 Å². The molecule has 0 atom stereocenters. The minimum atomic E-state index is -3.90. The van der Waals surface area contributed by atoms with Gasteiger partial charge in [-0.15, -0.1) is 11.3 Å². The lowest BCUT2D eigenvalue weighted by molar-refractivity contribution is 0.0696. The molecule has 1 aromatic heterocycles. The van der Waals surface area contributed by atoms with Gasteiger partial charge in [0, 0.05) is 15.9 Å². The second-order valence-electron chi connectivity index (χ2n) is 3.97. The van der Waals surface area contributed by atoms with Crippen LogP contribution in [0.2, 0.25) is 5.02 Å². The fraction of sp³-hybridized carbons (Fsp3) is 0.0833. The summed E-state index contributed by atoms with van der Waals surface area (Å²) in [5.74, 6) is -1.22. The molecule has 0 unspecified atom stereocenters. The predicted octanol–water partition coefficient (Wildman–Crippen LogP) is 3.34. The highest BCUT2D eigenvalue weighted by molar-refractivity contribution is 9.10. The predicted molar refractivity (Wildman–Crippen MR) is 84.5 cm³/mol. The Morgan fingerprint density at radius 3 is 2.67 bits per heavy atom. The number of rotatable bonds is 5. The van der Waals surface area contributed by atoms with Gasteiger partial charge in [0.15, 0.2) is 0 Å². The fourth-order valence-electron chi connectivity index (χ4n) is 1.53. The number of carboxylic acids is 1. The van der Waals surface area contributed by atoms with Crippen LogP contribution in [0, 0.1) is 0 Å². The van der Waals surface area contributed by atoms with E-state index < -0.39 is 16.0 Å². The molecule has 1 aromatic carbocycles. The van der Waals surface area contributed by atoms with Gasteiger partial charge in [-0.25, -0.2) is 17.9 Å². The van der Waals surface area contributed by atoms with Crippen LogP contribution in [-0.4, -0.2) is 19.5 Å². The van der Waals surface area contributed by atoms with Crippen LogP contribution in [0.3, 0.4) is 0 Å². The van der Waals surface area contributed by atoms with E-state index in [4.69, 9.17) is 16.7 Å². The van der Waals surface area contributed by atoms with E-state index in [9.17, 15) is 13.2 Å². The largest absolute Gasteiger partial charge is 0.478 e. The van der Waals surface area contributed by atoms with Gasteiger partial charge in [-0.2, -0.15) is 0 Å². The third kappa shape index (κ3) is 3.83. The number of nitrogens with one attached hydrogen (secondary N) is 1. The van der Waals surface area contributed by atoms with Gasteiger partial charge >= 0.3 is 5.97 Å². The zero-order valence-corrected chi connectivity index (χ0v) is 14.3. The summed E-state index contributed by atoms with van der Waals surface area (Å²) in [5.41, 5.74) is -0.142. The number of carboxylic acid groups (broad SMARTS) is 1. The van der Waals surface area contributed by atoms with Crippen molar-refractivity contribution in [2.45, 2.75) is 11.4 Å². The number of carbonyl (C=O) groups is 1. The van der Waals surface area contributed by atoms with E-state index in [0.29, 0.717) is 0 Å². The maximum atomic E-state index is 12.2. The lowest BCUT2D eigenvalue weighted by atomic mass is 10.2. The second kappa shape index (κ2) is 6.45. The zero-order chi connectivity index (χ0) is 15.6. The summed E-state index contributed by atoms with van der Waals surface area (Å²) in [6.07, 6.45) is 0. The molecule has 5 nitrogen and oxygen atoms in total. The van der Waals surface area contributed by atoms with E-state index in [0.717, 1.165) is 15.4 Å². The molecule has 0 spiro atoms. The highest BCUT2D eigenvalue weighted by atomic mass is 79.9. The standard InChI is InChI=1S/C12H9BrClNO4S2/c13-8-3-4-20-10(8)6-15-21(18,19)11-5-7(12(16)17)1-2-9(11)14/h1-5,15H,6H2,(H,16,17). The summed E-state index contributed by atoms with van der Waals surface area (Å²) >= 11 is 10.6. The summed E-state index contributed by atoms with van der Waals surface area (Å²) in [5, 5.41) is 10.7. The number of benzene rings is 1. The third-order valence-corrected chi connectivity index (χ3v) is 6.39. The molecular weight excluding hydrogens is 402 g/mol. The monoisotopic (exact) mass is 409 g/mol. The molecule has 0 saturated heterocycles. The van der Waals surface area contributed by atoms with Gasteiger partial charge in [-0.05, 0) is 45.6 Å². The van der Waals surface area contributed by atoms with Crippen LogP contribution in [0.1, 0.15) is 15.2 Å². The van der Waals surface area contributed by atoms with Crippen molar-refractivity contribution in [2.75, 3.05) is 0 Å². The number of halogens is 2. The number of aromatic carboxylic acids is 1. The van der Waals surface area contributed by atoms with Crippen LogP contribution in [0.5, 0.6) is 0 Å². The van der Waals surface area contributed by atoms with Gasteiger partial charge in [0.2, 0.25) is 10.0 Å². The Labute approximate surface area is 138 Å². The molecule has 1 heterocycles. The molecule has 0 saturated carbocycles. The van der Waals surface area contributed by atoms with Crippen LogP contribution < -0.4 is 4.72 Å². The van der Waals surface area contributed by atoms with Gasteiger partial charge in [-0.3, -0.25) is 0 Å². The molecule has 0 aliphatic carbocycles. The van der Waals surface area contributed by atoms with Crippen molar-refractivity contribution in [3.63, 3.8) is 0 Å². The molecular formula is C12H9BrClNO4S2. The van der Waals surface area contributed by atoms with Crippen LogP contribution >= 0.6 is 38.9 Å². The first-order valence-electron chi connectivity index (χ1n) is 5.55. The van der Waals surface area contributed by atoms with Gasteiger partial charge in [0.1, 0.15) is 4.90 Å². The number of hydrogen-bond donors (Lipinski definition) is 2. The van der Waals surface area contributed by atoms with E-state index in [1.165, 1.54) is 23.5 Å². The lowest BCUT2D eigenvalue weighted by Crippen LogP contribution is -2.23. The maximum absolute atomic E-state index is 12.2. The van der Waals surface area contributed by atoms with E-state index in [1.807, 2.05) is 11.4 Å². The average molecular weight is 411 g/mol. The Bertz CT molecular complexity index is 788. The third-order valence-electron chi connectivity index (χ3n) is 2.58. The zero-order valence-electron chi connectivity index (χ0n) is 10.3. The fourth-order valence-corrected chi connectivity index (χ4v) is 4.57. The minimum absolute atomic E-state index is 0.0299. The van der Waals surface area contributed by atoms with Gasteiger partial charge in [-0.1, -0.05) is 11.6 Å². The maximum Gasteiger partial charge on any atom is 0.335 e. The molecule has 0 amide bonds. The van der Waals surface area contributed by atoms with Crippen molar-refractivity contribution in [3.05, 3.63) is 49.6 Å². The summed E-state index contributed by atoms with van der Waals surface area (Å²) < 4.78 is 27.7. The average Bonchev–Trinajstić information content (AvgIpc) is 2.82. The van der Waals surface area contributed by atoms with Gasteiger partial charge < -0.3 is 5.11 Å². The first kappa shape index (κ1) is 16.4. The Kier molecular flexibility index (Phi) is 5.05. The number of sulfonamides is 1. The molecule has 0 radical (unpaired) electrons. The molecule has 21 heavy (non-hydrogen) atoms. The van der Waals surface area contributed by atoms with Crippen molar-refractivity contribution in [1.29, 1.82) is 0 Å². The Hall–Kier alpha value is -0.930. The van der Waals surface area contributed by atoms with Gasteiger partial charge in [0.05, 0.1) is 10.6 Å². The quantitative estimate of drug-likeness (QED) is 0.792. The molecule has 9 heteroatoms. The molecule has 2 N–H and O–H groups in total. The number of thiophene rings is 1. The normalized spacial score (nSPS) is 11.5. The molecule has 0 bridgehead atoms. The molecule has 112 valence electrons. The van der Waals surface area contributed by atoms with E-state index >= 15 is 0 Å². The van der Waals surface area contributed by atoms with Crippen molar-refractivity contribution in [3.8, 4) is 0 Å². The van der Waals surface area contributed by atoms with Crippen LogP contribution in [0.15, 0.2) is 39.0 Å². The molecule has 2 aromatic rings. The summed E-state index contributed by atoms with van der Waals surface area (Å²) in [6.45, 7) is 0.0915. The summed E-state index contributed by atoms with van der Waals surface area (Å²) in [6, 6.07) is 5.35. The summed E-state index contributed by atoms with van der Waals surface area (Å²) in [7, 11) is -3.90. The summed E-state index contributed by atoms with van der Waals surface area (Å²) in [4.78, 5) is 11.5. The van der Waals surface area contributed by atoms with E-state index in [-0.39, 0.29) is 22.0 Å². The Morgan fingerprint density at radius 2 is 2.10 bits per heavy atom. The first-order valence-corrected chi connectivity index (χ1v) is 9.09. The molecule has 0 fully saturated rings. The molecule has 0 aliphatic heterocycles.